The van der Waals surface area contributed by atoms with Crippen LogP contribution in [0.2, 0.25) is 0 Å². The Morgan fingerprint density at radius 2 is 1.70 bits per heavy atom. The highest BCUT2D eigenvalue weighted by Gasteiger charge is 2.16. The van der Waals surface area contributed by atoms with E-state index < -0.39 is 11.6 Å². The minimum atomic E-state index is -0.730. The van der Waals surface area contributed by atoms with Crippen molar-refractivity contribution in [2.45, 2.75) is 13.8 Å². The van der Waals surface area contributed by atoms with Gasteiger partial charge in [-0.3, -0.25) is 4.57 Å². The highest BCUT2D eigenvalue weighted by atomic mass is 19.1. The largest absolute Gasteiger partial charge is 0.383 e. The van der Waals surface area contributed by atoms with E-state index in [-0.39, 0.29) is 22.8 Å². The van der Waals surface area contributed by atoms with Gasteiger partial charge in [0.25, 0.3) is 0 Å². The fraction of sp³-hybridized carbons (Fsp3) is 0.105. The molecule has 0 aliphatic carbocycles. The molecule has 136 valence electrons. The molecule has 0 saturated heterocycles. The lowest BCUT2D eigenvalue weighted by Gasteiger charge is -2.10. The first-order chi connectivity index (χ1) is 12.9. The van der Waals surface area contributed by atoms with Crippen LogP contribution in [-0.2, 0) is 0 Å². The van der Waals surface area contributed by atoms with Gasteiger partial charge >= 0.3 is 0 Å². The topological polar surface area (TPSA) is 81.6 Å². The number of nitrogens with one attached hydrogen (secondary N) is 1. The Morgan fingerprint density at radius 3 is 2.44 bits per heavy atom. The van der Waals surface area contributed by atoms with Gasteiger partial charge in [-0.25, -0.2) is 13.8 Å². The third-order valence-electron chi connectivity index (χ3n) is 4.12. The van der Waals surface area contributed by atoms with Gasteiger partial charge in [-0.2, -0.15) is 9.97 Å². The van der Waals surface area contributed by atoms with Crippen LogP contribution in [0.15, 0.2) is 42.5 Å². The van der Waals surface area contributed by atoms with E-state index >= 15 is 0 Å². The van der Waals surface area contributed by atoms with Gasteiger partial charge in [0.15, 0.2) is 5.82 Å². The number of rotatable bonds is 3. The number of benzene rings is 2. The second-order valence-electron chi connectivity index (χ2n) is 6.22. The van der Waals surface area contributed by atoms with Crippen LogP contribution in [0.4, 0.5) is 26.2 Å². The molecular formula is C19H16F2N6. The van der Waals surface area contributed by atoms with Crippen LogP contribution < -0.4 is 11.1 Å². The summed E-state index contributed by atoms with van der Waals surface area (Å²) in [4.78, 5) is 12.8. The normalized spacial score (nSPS) is 11.1. The first-order valence-corrected chi connectivity index (χ1v) is 8.23. The van der Waals surface area contributed by atoms with Crippen molar-refractivity contribution in [3.8, 4) is 5.82 Å². The van der Waals surface area contributed by atoms with Crippen LogP contribution in [0.5, 0.6) is 0 Å². The summed E-state index contributed by atoms with van der Waals surface area (Å²) in [5.74, 6) is -0.122. The second kappa shape index (κ2) is 6.31. The van der Waals surface area contributed by atoms with Gasteiger partial charge in [-0.15, -0.1) is 0 Å². The molecule has 0 aliphatic rings. The lowest BCUT2D eigenvalue weighted by molar-refractivity contribution is 0.590. The van der Waals surface area contributed by atoms with Gasteiger partial charge in [0.2, 0.25) is 5.95 Å². The number of aromatic nitrogens is 4. The van der Waals surface area contributed by atoms with Crippen LogP contribution in [0.1, 0.15) is 11.4 Å². The van der Waals surface area contributed by atoms with E-state index in [1.807, 2.05) is 31.2 Å². The van der Waals surface area contributed by atoms with Crippen molar-refractivity contribution in [3.63, 3.8) is 0 Å². The zero-order valence-corrected chi connectivity index (χ0v) is 14.7. The van der Waals surface area contributed by atoms with Crippen molar-refractivity contribution >= 4 is 28.5 Å². The van der Waals surface area contributed by atoms with Crippen LogP contribution in [0, 0.1) is 25.5 Å². The molecule has 0 bridgehead atoms. The van der Waals surface area contributed by atoms with E-state index in [9.17, 15) is 8.78 Å². The maximum atomic E-state index is 14.0. The molecule has 2 aromatic heterocycles. The maximum absolute atomic E-state index is 14.0. The molecule has 2 heterocycles. The van der Waals surface area contributed by atoms with Crippen LogP contribution in [-0.4, -0.2) is 19.5 Å². The van der Waals surface area contributed by atoms with E-state index in [1.165, 1.54) is 12.1 Å². The standard InChI is InChI=1S/C19H16F2N6/c1-10-3-5-13(6-4-10)24-19-25-16(22)9-17(26-19)27-11(2)23-18-14(21)7-12(20)8-15(18)27/h3-9H,1-2H3,(H3,22,24,25,26). The van der Waals surface area contributed by atoms with Gasteiger partial charge < -0.3 is 11.1 Å². The van der Waals surface area contributed by atoms with Gasteiger partial charge in [0.1, 0.15) is 28.8 Å². The molecule has 3 N–H and O–H groups in total. The Morgan fingerprint density at radius 1 is 0.963 bits per heavy atom. The number of nitrogen functional groups attached to an aromatic ring is 1. The molecule has 0 spiro atoms. The summed E-state index contributed by atoms with van der Waals surface area (Å²) in [5, 5.41) is 3.08. The minimum Gasteiger partial charge on any atom is -0.383 e. The number of fused-ring (bicyclic) bond motifs is 1. The third-order valence-corrected chi connectivity index (χ3v) is 4.12. The second-order valence-corrected chi connectivity index (χ2v) is 6.22. The molecule has 0 fully saturated rings. The molecule has 0 unspecified atom stereocenters. The highest BCUT2D eigenvalue weighted by molar-refractivity contribution is 5.79. The van der Waals surface area contributed by atoms with E-state index in [2.05, 4.69) is 20.3 Å². The van der Waals surface area contributed by atoms with Gasteiger partial charge in [-0.05, 0) is 26.0 Å². The van der Waals surface area contributed by atoms with Gasteiger partial charge in [-0.1, -0.05) is 17.7 Å². The number of halogens is 2. The Bertz CT molecular complexity index is 1150. The maximum Gasteiger partial charge on any atom is 0.231 e. The minimum absolute atomic E-state index is 0.0686. The molecule has 0 atom stereocenters. The van der Waals surface area contributed by atoms with E-state index in [0.717, 1.165) is 17.3 Å². The molecule has 8 heteroatoms. The first-order valence-electron chi connectivity index (χ1n) is 8.23. The summed E-state index contributed by atoms with van der Waals surface area (Å²) in [6.07, 6.45) is 0. The van der Waals surface area contributed by atoms with Crippen molar-refractivity contribution in [1.29, 1.82) is 0 Å². The number of imidazole rings is 1. The molecule has 27 heavy (non-hydrogen) atoms. The highest BCUT2D eigenvalue weighted by Crippen LogP contribution is 2.25. The van der Waals surface area contributed by atoms with Crippen molar-refractivity contribution in [3.05, 3.63) is 65.5 Å². The van der Waals surface area contributed by atoms with Crippen molar-refractivity contribution in [2.75, 3.05) is 11.1 Å². The summed E-state index contributed by atoms with van der Waals surface area (Å²) in [7, 11) is 0. The number of hydrogen-bond donors (Lipinski definition) is 2. The Balaban J connectivity index is 1.83. The number of nitrogens with zero attached hydrogens (tertiary/aromatic N) is 4. The van der Waals surface area contributed by atoms with Crippen LogP contribution >= 0.6 is 0 Å². The molecule has 0 aliphatic heterocycles. The van der Waals surface area contributed by atoms with Crippen LogP contribution in [0.25, 0.3) is 16.9 Å². The number of hydrogen-bond acceptors (Lipinski definition) is 5. The summed E-state index contributed by atoms with van der Waals surface area (Å²) in [6, 6.07) is 11.2. The fourth-order valence-corrected chi connectivity index (χ4v) is 2.90. The lowest BCUT2D eigenvalue weighted by atomic mass is 10.2. The summed E-state index contributed by atoms with van der Waals surface area (Å²) in [5.41, 5.74) is 8.18. The molecular weight excluding hydrogens is 350 g/mol. The Hall–Kier alpha value is -3.55. The molecule has 6 nitrogen and oxygen atoms in total. The Kier molecular flexibility index (Phi) is 3.95. The van der Waals surface area contributed by atoms with Crippen LogP contribution in [0.3, 0.4) is 0 Å². The monoisotopic (exact) mass is 366 g/mol. The predicted molar refractivity (Wildman–Crippen MR) is 100 cm³/mol. The molecule has 4 aromatic rings. The van der Waals surface area contributed by atoms with Gasteiger partial charge in [0, 0.05) is 23.9 Å². The number of anilines is 3. The van der Waals surface area contributed by atoms with Crippen molar-refractivity contribution in [2.24, 2.45) is 0 Å². The zero-order valence-electron chi connectivity index (χ0n) is 14.7. The number of aryl methyl sites for hydroxylation is 2. The van der Waals surface area contributed by atoms with Crippen molar-refractivity contribution in [1.82, 2.24) is 19.5 Å². The summed E-state index contributed by atoms with van der Waals surface area (Å²) in [6.45, 7) is 3.67. The molecule has 0 amide bonds. The average molecular weight is 366 g/mol. The van der Waals surface area contributed by atoms with E-state index in [4.69, 9.17) is 5.73 Å². The fourth-order valence-electron chi connectivity index (χ4n) is 2.90. The Labute approximate surface area is 153 Å². The quantitative estimate of drug-likeness (QED) is 0.572. The first kappa shape index (κ1) is 16.9. The molecule has 0 radical (unpaired) electrons. The predicted octanol–water partition coefficient (Wildman–Crippen LogP) is 4.04. The summed E-state index contributed by atoms with van der Waals surface area (Å²) < 4.78 is 29.3. The van der Waals surface area contributed by atoms with E-state index in [1.54, 1.807) is 11.5 Å². The molecule has 0 saturated carbocycles. The summed E-state index contributed by atoms with van der Waals surface area (Å²) >= 11 is 0. The zero-order chi connectivity index (χ0) is 19.1. The smallest absolute Gasteiger partial charge is 0.231 e. The average Bonchev–Trinajstić information content (AvgIpc) is 2.93. The number of nitrogens with two attached hydrogens (primary N) is 1. The third kappa shape index (κ3) is 3.17. The molecule has 4 rings (SSSR count). The molecule has 2 aromatic carbocycles. The van der Waals surface area contributed by atoms with Crippen molar-refractivity contribution < 1.29 is 8.78 Å². The van der Waals surface area contributed by atoms with E-state index in [0.29, 0.717) is 11.6 Å². The lowest BCUT2D eigenvalue weighted by Crippen LogP contribution is -2.07. The SMILES string of the molecule is Cc1ccc(Nc2nc(N)cc(-n3c(C)nc4c(F)cc(F)cc43)n2)cc1. The van der Waals surface area contributed by atoms with Gasteiger partial charge in [0.05, 0.1) is 5.52 Å².